The lowest BCUT2D eigenvalue weighted by Gasteiger charge is -2.32. The molecule has 3 rings (SSSR count). The maximum atomic E-state index is 14.1. The summed E-state index contributed by atoms with van der Waals surface area (Å²) in [6.07, 6.45) is 0. The molecule has 0 unspecified atom stereocenters. The number of amides is 2. The zero-order valence-corrected chi connectivity index (χ0v) is 26.6. The summed E-state index contributed by atoms with van der Waals surface area (Å²) in [5, 5.41) is 3.53. The summed E-state index contributed by atoms with van der Waals surface area (Å²) in [5.74, 6) is -0.746. The molecule has 10 heteroatoms. The summed E-state index contributed by atoms with van der Waals surface area (Å²) >= 11 is 12.9. The van der Waals surface area contributed by atoms with E-state index in [4.69, 9.17) is 23.2 Å². The monoisotopic (exact) mass is 617 g/mol. The Hall–Kier alpha value is -3.07. The van der Waals surface area contributed by atoms with Gasteiger partial charge < -0.3 is 10.2 Å². The third-order valence-electron chi connectivity index (χ3n) is 6.91. The normalized spacial score (nSPS) is 12.2. The maximum absolute atomic E-state index is 14.1. The molecule has 0 spiro atoms. The smallest absolute Gasteiger partial charge is 0.264 e. The van der Waals surface area contributed by atoms with Gasteiger partial charge in [-0.2, -0.15) is 0 Å². The Labute approximate surface area is 253 Å². The molecule has 0 fully saturated rings. The Morgan fingerprint density at radius 1 is 0.878 bits per heavy atom. The third kappa shape index (κ3) is 8.03. The summed E-state index contributed by atoms with van der Waals surface area (Å²) in [4.78, 5) is 28.6. The van der Waals surface area contributed by atoms with Crippen molar-refractivity contribution in [1.29, 1.82) is 0 Å². The predicted octanol–water partition coefficient (Wildman–Crippen LogP) is 6.30. The SMILES string of the molecule is Cc1ccc(S(=O)(=O)N(CC(=O)N(Cc2c(Cl)cccc2Cl)[C@H](C)C(=O)NCC(C)C)c2ccc(C)c(C)c2)cc1. The van der Waals surface area contributed by atoms with Crippen LogP contribution in [0.3, 0.4) is 0 Å². The van der Waals surface area contributed by atoms with E-state index >= 15 is 0 Å². The number of nitrogens with zero attached hydrogens (tertiary/aromatic N) is 2. The van der Waals surface area contributed by atoms with Crippen molar-refractivity contribution in [3.63, 3.8) is 0 Å². The molecule has 0 saturated carbocycles. The lowest BCUT2D eigenvalue weighted by molar-refractivity contribution is -0.139. The van der Waals surface area contributed by atoms with E-state index in [-0.39, 0.29) is 23.3 Å². The molecule has 0 radical (unpaired) electrons. The number of nitrogens with one attached hydrogen (secondary N) is 1. The van der Waals surface area contributed by atoms with Crippen LogP contribution in [0.15, 0.2) is 65.6 Å². The van der Waals surface area contributed by atoms with Gasteiger partial charge in [0.05, 0.1) is 10.6 Å². The molecular weight excluding hydrogens is 581 g/mol. The van der Waals surface area contributed by atoms with E-state index in [0.717, 1.165) is 21.0 Å². The molecule has 0 aliphatic carbocycles. The molecule has 220 valence electrons. The number of rotatable bonds is 11. The van der Waals surface area contributed by atoms with E-state index in [0.29, 0.717) is 27.8 Å². The van der Waals surface area contributed by atoms with Crippen molar-refractivity contribution in [2.75, 3.05) is 17.4 Å². The summed E-state index contributed by atoms with van der Waals surface area (Å²) in [6, 6.07) is 15.7. The van der Waals surface area contributed by atoms with Crippen molar-refractivity contribution in [2.45, 2.75) is 59.0 Å². The van der Waals surface area contributed by atoms with E-state index in [2.05, 4.69) is 5.32 Å². The highest BCUT2D eigenvalue weighted by Crippen LogP contribution is 2.29. The van der Waals surface area contributed by atoms with Gasteiger partial charge in [-0.25, -0.2) is 8.42 Å². The highest BCUT2D eigenvalue weighted by atomic mass is 35.5. The van der Waals surface area contributed by atoms with E-state index in [9.17, 15) is 18.0 Å². The molecule has 0 aromatic heterocycles. The molecule has 1 N–H and O–H groups in total. The fraction of sp³-hybridized carbons (Fsp3) is 0.355. The van der Waals surface area contributed by atoms with E-state index in [1.165, 1.54) is 17.0 Å². The number of sulfonamides is 1. The van der Waals surface area contributed by atoms with Crippen LogP contribution < -0.4 is 9.62 Å². The fourth-order valence-corrected chi connectivity index (χ4v) is 6.06. The number of carbonyl (C=O) groups excluding carboxylic acids is 2. The third-order valence-corrected chi connectivity index (χ3v) is 9.40. The molecule has 0 saturated heterocycles. The summed E-state index contributed by atoms with van der Waals surface area (Å²) < 4.78 is 29.0. The first-order valence-corrected chi connectivity index (χ1v) is 15.6. The van der Waals surface area contributed by atoms with Crippen LogP contribution in [0.5, 0.6) is 0 Å². The Balaban J connectivity index is 2.08. The van der Waals surface area contributed by atoms with Crippen LogP contribution in [0.4, 0.5) is 5.69 Å². The standard InChI is InChI=1S/C31H37Cl2N3O4S/c1-20(2)17-34-31(38)24(6)35(18-27-28(32)8-7-9-29(27)33)30(37)19-36(25-13-12-22(4)23(5)16-25)41(39,40)26-14-10-21(3)11-15-26/h7-16,20,24H,17-19H2,1-6H3,(H,34,38)/t24-/m1/s1. The van der Waals surface area contributed by atoms with Gasteiger partial charge in [-0.3, -0.25) is 13.9 Å². The summed E-state index contributed by atoms with van der Waals surface area (Å²) in [7, 11) is -4.15. The van der Waals surface area contributed by atoms with Gasteiger partial charge in [-0.1, -0.05) is 66.9 Å². The van der Waals surface area contributed by atoms with Crippen LogP contribution in [-0.4, -0.2) is 44.3 Å². The van der Waals surface area contributed by atoms with E-state index in [1.807, 2.05) is 40.7 Å². The fourth-order valence-electron chi connectivity index (χ4n) is 4.14. The van der Waals surface area contributed by atoms with Crippen molar-refractivity contribution in [3.05, 3.63) is 93.0 Å². The molecular formula is C31H37Cl2N3O4S. The van der Waals surface area contributed by atoms with E-state index in [1.54, 1.807) is 49.4 Å². The average Bonchev–Trinajstić information content (AvgIpc) is 2.91. The average molecular weight is 619 g/mol. The van der Waals surface area contributed by atoms with Crippen molar-refractivity contribution in [2.24, 2.45) is 5.92 Å². The highest BCUT2D eigenvalue weighted by molar-refractivity contribution is 7.92. The van der Waals surface area contributed by atoms with Gasteiger partial charge in [0.15, 0.2) is 0 Å². The minimum absolute atomic E-state index is 0.0533. The molecule has 3 aromatic rings. The Bertz CT molecular complexity index is 1490. The number of hydrogen-bond donors (Lipinski definition) is 1. The lowest BCUT2D eigenvalue weighted by Crippen LogP contribution is -2.51. The molecule has 1 atom stereocenters. The van der Waals surface area contributed by atoms with Crippen LogP contribution in [0.25, 0.3) is 0 Å². The first-order chi connectivity index (χ1) is 19.2. The van der Waals surface area contributed by atoms with Crippen molar-refractivity contribution < 1.29 is 18.0 Å². The number of hydrogen-bond acceptors (Lipinski definition) is 4. The Morgan fingerprint density at radius 3 is 2.05 bits per heavy atom. The Morgan fingerprint density at radius 2 is 1.49 bits per heavy atom. The first kappa shape index (κ1) is 32.4. The van der Waals surface area contributed by atoms with Gasteiger partial charge in [0.2, 0.25) is 11.8 Å². The highest BCUT2D eigenvalue weighted by Gasteiger charge is 2.33. The number of carbonyl (C=O) groups is 2. The first-order valence-electron chi connectivity index (χ1n) is 13.4. The molecule has 3 aromatic carbocycles. The number of aryl methyl sites for hydroxylation is 3. The molecule has 7 nitrogen and oxygen atoms in total. The van der Waals surface area contributed by atoms with Gasteiger partial charge in [0.25, 0.3) is 10.0 Å². The second-order valence-electron chi connectivity index (χ2n) is 10.6. The van der Waals surface area contributed by atoms with Crippen molar-refractivity contribution >= 4 is 50.7 Å². The molecule has 41 heavy (non-hydrogen) atoms. The van der Waals surface area contributed by atoms with E-state index < -0.39 is 28.5 Å². The van der Waals surface area contributed by atoms with Crippen LogP contribution in [0.1, 0.15) is 43.0 Å². The van der Waals surface area contributed by atoms with Crippen molar-refractivity contribution in [3.8, 4) is 0 Å². The zero-order chi connectivity index (χ0) is 30.5. The van der Waals surface area contributed by atoms with Gasteiger partial charge in [-0.15, -0.1) is 0 Å². The van der Waals surface area contributed by atoms with Crippen molar-refractivity contribution in [1.82, 2.24) is 10.2 Å². The quantitative estimate of drug-likeness (QED) is 0.273. The van der Waals surface area contributed by atoms with Gasteiger partial charge in [-0.05, 0) is 81.1 Å². The van der Waals surface area contributed by atoms with Gasteiger partial charge in [0, 0.05) is 28.7 Å². The minimum atomic E-state index is -4.15. The molecule has 0 heterocycles. The van der Waals surface area contributed by atoms with Crippen LogP contribution in [0, 0.1) is 26.7 Å². The number of halogens is 2. The predicted molar refractivity (Wildman–Crippen MR) is 166 cm³/mol. The topological polar surface area (TPSA) is 86.8 Å². The van der Waals surface area contributed by atoms with Crippen LogP contribution in [-0.2, 0) is 26.2 Å². The lowest BCUT2D eigenvalue weighted by atomic mass is 10.1. The van der Waals surface area contributed by atoms with Crippen LogP contribution in [0.2, 0.25) is 10.0 Å². The molecule has 0 aliphatic rings. The van der Waals surface area contributed by atoms with Gasteiger partial charge in [0.1, 0.15) is 12.6 Å². The molecule has 0 bridgehead atoms. The van der Waals surface area contributed by atoms with Crippen LogP contribution >= 0.6 is 23.2 Å². The molecule has 2 amide bonds. The largest absolute Gasteiger partial charge is 0.354 e. The minimum Gasteiger partial charge on any atom is -0.354 e. The summed E-state index contributed by atoms with van der Waals surface area (Å²) in [5.41, 5.74) is 3.57. The maximum Gasteiger partial charge on any atom is 0.264 e. The van der Waals surface area contributed by atoms with Gasteiger partial charge >= 0.3 is 0 Å². The second-order valence-corrected chi connectivity index (χ2v) is 13.3. The second kappa shape index (κ2) is 13.7. The summed E-state index contributed by atoms with van der Waals surface area (Å²) in [6.45, 7) is 11.0. The number of anilines is 1. The zero-order valence-electron chi connectivity index (χ0n) is 24.2. The Kier molecular flexibility index (Phi) is 10.9. The molecule has 0 aliphatic heterocycles. The number of benzene rings is 3.